The summed E-state index contributed by atoms with van der Waals surface area (Å²) in [5.41, 5.74) is 0.734. The highest BCUT2D eigenvalue weighted by molar-refractivity contribution is 5.73. The second kappa shape index (κ2) is 7.51. The summed E-state index contributed by atoms with van der Waals surface area (Å²) < 4.78 is 26.4. The summed E-state index contributed by atoms with van der Waals surface area (Å²) in [5, 5.41) is 14.8. The Balaban J connectivity index is 1.79. The van der Waals surface area contributed by atoms with Crippen molar-refractivity contribution in [3.05, 3.63) is 71.3 Å². The first-order chi connectivity index (χ1) is 10.6. The van der Waals surface area contributed by atoms with Crippen LogP contribution >= 0.6 is 0 Å². The number of nitrogens with one attached hydrogen (secondary N) is 2. The zero-order valence-electron chi connectivity index (χ0n) is 11.7. The summed E-state index contributed by atoms with van der Waals surface area (Å²) in [6, 6.07) is 11.1. The summed E-state index contributed by atoms with van der Waals surface area (Å²) in [4.78, 5) is 11.6. The zero-order valence-corrected chi connectivity index (χ0v) is 11.7. The zero-order chi connectivity index (χ0) is 15.9. The first-order valence-corrected chi connectivity index (χ1v) is 6.75. The van der Waals surface area contributed by atoms with E-state index >= 15 is 0 Å². The molecule has 0 unspecified atom stereocenters. The molecule has 0 aromatic heterocycles. The second-order valence-electron chi connectivity index (χ2n) is 4.73. The first-order valence-electron chi connectivity index (χ1n) is 6.75. The Morgan fingerprint density at radius 2 is 1.86 bits per heavy atom. The van der Waals surface area contributed by atoms with E-state index in [1.807, 2.05) is 0 Å². The average Bonchev–Trinajstić information content (AvgIpc) is 2.52. The molecule has 0 spiro atoms. The number of urea groups is 1. The molecule has 0 saturated heterocycles. The highest BCUT2D eigenvalue weighted by Gasteiger charge is 2.10. The lowest BCUT2D eigenvalue weighted by molar-refractivity contribution is 0.172. The molecule has 0 fully saturated rings. The van der Waals surface area contributed by atoms with Crippen molar-refractivity contribution in [3.8, 4) is 0 Å². The minimum atomic E-state index is -1.02. The molecule has 2 aromatic rings. The molecule has 6 heteroatoms. The van der Waals surface area contributed by atoms with E-state index in [0.717, 1.165) is 0 Å². The van der Waals surface area contributed by atoms with Gasteiger partial charge in [-0.15, -0.1) is 0 Å². The number of carbonyl (C=O) groups is 1. The molecule has 2 rings (SSSR count). The van der Waals surface area contributed by atoms with Crippen LogP contribution in [0.25, 0.3) is 0 Å². The monoisotopic (exact) mass is 306 g/mol. The van der Waals surface area contributed by atoms with E-state index in [4.69, 9.17) is 0 Å². The normalized spacial score (nSPS) is 11.8. The van der Waals surface area contributed by atoms with Gasteiger partial charge < -0.3 is 15.7 Å². The maximum absolute atomic E-state index is 13.4. The van der Waals surface area contributed by atoms with Crippen LogP contribution < -0.4 is 10.6 Å². The van der Waals surface area contributed by atoms with Crippen LogP contribution in [-0.4, -0.2) is 17.7 Å². The van der Waals surface area contributed by atoms with Gasteiger partial charge in [-0.1, -0.05) is 30.3 Å². The van der Waals surface area contributed by atoms with Crippen LogP contribution in [0.2, 0.25) is 0 Å². The van der Waals surface area contributed by atoms with E-state index in [-0.39, 0.29) is 13.1 Å². The predicted octanol–water partition coefficient (Wildman–Crippen LogP) is 2.50. The maximum atomic E-state index is 13.4. The smallest absolute Gasteiger partial charge is 0.315 e. The molecular formula is C16H16F2N2O2. The van der Waals surface area contributed by atoms with Gasteiger partial charge in [-0.2, -0.15) is 0 Å². The molecular weight excluding hydrogens is 290 g/mol. The molecule has 0 saturated carbocycles. The third-order valence-corrected chi connectivity index (χ3v) is 3.09. The van der Waals surface area contributed by atoms with Gasteiger partial charge in [-0.3, -0.25) is 0 Å². The standard InChI is InChI=1S/C16H16F2N2O2/c17-13-6-3-5-11(8-13)15(21)10-20-16(22)19-9-12-4-1-2-7-14(12)18/h1-8,15,21H,9-10H2,(H2,19,20,22)/t15-/m1/s1. The second-order valence-corrected chi connectivity index (χ2v) is 4.73. The largest absolute Gasteiger partial charge is 0.387 e. The molecule has 0 aliphatic heterocycles. The molecule has 0 radical (unpaired) electrons. The van der Waals surface area contributed by atoms with Crippen molar-refractivity contribution in [1.82, 2.24) is 10.6 Å². The molecule has 0 aliphatic rings. The summed E-state index contributed by atoms with van der Waals surface area (Å²) in [6.45, 7) is -0.0406. The molecule has 1 atom stereocenters. The van der Waals surface area contributed by atoms with Crippen molar-refractivity contribution in [3.63, 3.8) is 0 Å². The number of hydrogen-bond acceptors (Lipinski definition) is 2. The minimum Gasteiger partial charge on any atom is -0.387 e. The fraction of sp³-hybridized carbons (Fsp3) is 0.188. The van der Waals surface area contributed by atoms with E-state index < -0.39 is 23.8 Å². The van der Waals surface area contributed by atoms with E-state index in [2.05, 4.69) is 10.6 Å². The fourth-order valence-corrected chi connectivity index (χ4v) is 1.90. The predicted molar refractivity (Wildman–Crippen MR) is 78.0 cm³/mol. The van der Waals surface area contributed by atoms with E-state index in [1.165, 1.54) is 24.3 Å². The molecule has 22 heavy (non-hydrogen) atoms. The van der Waals surface area contributed by atoms with Crippen molar-refractivity contribution in [1.29, 1.82) is 0 Å². The van der Waals surface area contributed by atoms with Gasteiger partial charge in [0, 0.05) is 18.7 Å². The molecule has 0 aliphatic carbocycles. The number of hydrogen-bond donors (Lipinski definition) is 3. The van der Waals surface area contributed by atoms with Gasteiger partial charge >= 0.3 is 6.03 Å². The van der Waals surface area contributed by atoms with Crippen molar-refractivity contribution in [2.45, 2.75) is 12.6 Å². The van der Waals surface area contributed by atoms with Gasteiger partial charge in [0.15, 0.2) is 0 Å². The topological polar surface area (TPSA) is 61.4 Å². The fourth-order valence-electron chi connectivity index (χ4n) is 1.90. The highest BCUT2D eigenvalue weighted by atomic mass is 19.1. The van der Waals surface area contributed by atoms with E-state index in [1.54, 1.807) is 24.3 Å². The van der Waals surface area contributed by atoms with Crippen LogP contribution in [0, 0.1) is 11.6 Å². The van der Waals surface area contributed by atoms with Crippen molar-refractivity contribution in [2.75, 3.05) is 6.54 Å². The van der Waals surface area contributed by atoms with Gasteiger partial charge in [0.25, 0.3) is 0 Å². The van der Waals surface area contributed by atoms with Crippen molar-refractivity contribution < 1.29 is 18.7 Å². The van der Waals surface area contributed by atoms with Gasteiger partial charge in [-0.05, 0) is 23.8 Å². The van der Waals surface area contributed by atoms with E-state index in [0.29, 0.717) is 11.1 Å². The van der Waals surface area contributed by atoms with Crippen LogP contribution in [0.5, 0.6) is 0 Å². The first kappa shape index (κ1) is 15.9. The van der Waals surface area contributed by atoms with Crippen LogP contribution in [-0.2, 0) is 6.54 Å². The third-order valence-electron chi connectivity index (χ3n) is 3.09. The number of carbonyl (C=O) groups excluding carboxylic acids is 1. The Kier molecular flexibility index (Phi) is 5.43. The lowest BCUT2D eigenvalue weighted by Gasteiger charge is -2.13. The summed E-state index contributed by atoms with van der Waals surface area (Å²) in [6.07, 6.45) is -1.02. The molecule has 0 bridgehead atoms. The third kappa shape index (κ3) is 4.53. The Morgan fingerprint density at radius 3 is 2.59 bits per heavy atom. The SMILES string of the molecule is O=C(NCc1ccccc1F)NC[C@@H](O)c1cccc(F)c1. The summed E-state index contributed by atoms with van der Waals surface area (Å²) >= 11 is 0. The Labute approximate surface area is 126 Å². The highest BCUT2D eigenvalue weighted by Crippen LogP contribution is 2.12. The van der Waals surface area contributed by atoms with Gasteiger partial charge in [0.1, 0.15) is 11.6 Å². The molecule has 116 valence electrons. The number of aliphatic hydroxyl groups excluding tert-OH is 1. The van der Waals surface area contributed by atoms with Crippen molar-refractivity contribution >= 4 is 6.03 Å². The molecule has 0 heterocycles. The van der Waals surface area contributed by atoms with Crippen molar-refractivity contribution in [2.24, 2.45) is 0 Å². The van der Waals surface area contributed by atoms with Gasteiger partial charge in [0.05, 0.1) is 6.10 Å². The molecule has 4 nitrogen and oxygen atoms in total. The molecule has 2 aromatic carbocycles. The molecule has 3 N–H and O–H groups in total. The lowest BCUT2D eigenvalue weighted by Crippen LogP contribution is -2.37. The number of aliphatic hydroxyl groups is 1. The Hall–Kier alpha value is -2.47. The summed E-state index contributed by atoms with van der Waals surface area (Å²) in [7, 11) is 0. The lowest BCUT2D eigenvalue weighted by atomic mass is 10.1. The van der Waals surface area contributed by atoms with Gasteiger partial charge in [0.2, 0.25) is 0 Å². The Morgan fingerprint density at radius 1 is 1.09 bits per heavy atom. The van der Waals surface area contributed by atoms with Crippen LogP contribution in [0.4, 0.5) is 13.6 Å². The number of benzene rings is 2. The maximum Gasteiger partial charge on any atom is 0.315 e. The minimum absolute atomic E-state index is 0.0363. The Bertz CT molecular complexity index is 650. The number of rotatable bonds is 5. The number of halogens is 2. The van der Waals surface area contributed by atoms with Crippen LogP contribution in [0.1, 0.15) is 17.2 Å². The molecule has 2 amide bonds. The van der Waals surface area contributed by atoms with E-state index in [9.17, 15) is 18.7 Å². The van der Waals surface area contributed by atoms with Gasteiger partial charge in [-0.25, -0.2) is 13.6 Å². The average molecular weight is 306 g/mol. The quantitative estimate of drug-likeness (QED) is 0.795. The number of amides is 2. The summed E-state index contributed by atoms with van der Waals surface area (Å²) in [5.74, 6) is -0.858. The van der Waals surface area contributed by atoms with Crippen LogP contribution in [0.15, 0.2) is 48.5 Å². The van der Waals surface area contributed by atoms with Crippen LogP contribution in [0.3, 0.4) is 0 Å².